The Kier molecular flexibility index (Phi) is 4.28. The summed E-state index contributed by atoms with van der Waals surface area (Å²) < 4.78 is 0. The minimum Gasteiger partial charge on any atom is -0.393 e. The first-order valence-electron chi connectivity index (χ1n) is 5.36. The van der Waals surface area contributed by atoms with E-state index >= 15 is 0 Å². The normalized spacial score (nSPS) is 12.5. The first kappa shape index (κ1) is 13.2. The Hall–Kier alpha value is -1.82. The highest BCUT2D eigenvalue weighted by Crippen LogP contribution is 2.24. The van der Waals surface area contributed by atoms with Crippen molar-refractivity contribution in [3.05, 3.63) is 28.3 Å². The van der Waals surface area contributed by atoms with Gasteiger partial charge in [-0.15, -0.1) is 0 Å². The highest BCUT2D eigenvalue weighted by atomic mass is 16.6. The van der Waals surface area contributed by atoms with Gasteiger partial charge in [0, 0.05) is 24.3 Å². The van der Waals surface area contributed by atoms with Crippen LogP contribution in [-0.4, -0.2) is 36.5 Å². The number of likely N-dealkylation sites (N-methyl/N-ethyl adjacent to an activating group) is 1. The van der Waals surface area contributed by atoms with Gasteiger partial charge >= 0.3 is 0 Å². The molecule has 0 saturated carbocycles. The first-order chi connectivity index (χ1) is 7.91. The number of nitrogen functional groups attached to an aromatic ring is 1. The minimum absolute atomic E-state index is 0.0591. The van der Waals surface area contributed by atoms with E-state index in [1.807, 2.05) is 14.1 Å². The van der Waals surface area contributed by atoms with Gasteiger partial charge in [-0.2, -0.15) is 0 Å². The molecule has 1 aromatic rings. The van der Waals surface area contributed by atoms with Crippen LogP contribution in [0.25, 0.3) is 0 Å². The van der Waals surface area contributed by atoms with Gasteiger partial charge in [-0.25, -0.2) is 0 Å². The molecule has 0 heterocycles. The van der Waals surface area contributed by atoms with E-state index in [0.29, 0.717) is 6.04 Å². The molecule has 1 atom stereocenters. The van der Waals surface area contributed by atoms with E-state index < -0.39 is 4.92 Å². The Bertz CT molecular complexity index is 406. The number of nitrogens with two attached hydrogens (primary N) is 1. The van der Waals surface area contributed by atoms with Gasteiger partial charge in [-0.05, 0) is 33.2 Å². The summed E-state index contributed by atoms with van der Waals surface area (Å²) in [5, 5.41) is 13.8. The lowest BCUT2D eigenvalue weighted by Crippen LogP contribution is -2.31. The van der Waals surface area contributed by atoms with Crippen LogP contribution in [0, 0.1) is 10.1 Å². The molecular weight excluding hydrogens is 220 g/mol. The summed E-state index contributed by atoms with van der Waals surface area (Å²) in [7, 11) is 3.99. The Morgan fingerprint density at radius 3 is 2.65 bits per heavy atom. The molecule has 0 amide bonds. The Labute approximate surface area is 101 Å². The number of nitrogens with zero attached hydrogens (tertiary/aromatic N) is 2. The highest BCUT2D eigenvalue weighted by Gasteiger charge is 2.11. The average molecular weight is 238 g/mol. The zero-order valence-corrected chi connectivity index (χ0v) is 10.3. The van der Waals surface area contributed by atoms with Crippen molar-refractivity contribution in [3.8, 4) is 0 Å². The molecular formula is C11H18N4O2. The Morgan fingerprint density at radius 2 is 2.18 bits per heavy atom. The molecule has 1 unspecified atom stereocenters. The molecule has 0 aromatic heterocycles. The standard InChI is InChI=1S/C11H18N4O2/c1-8(14(2)3)7-13-9-4-5-11(15(16)17)10(12)6-9/h4-6,8,13H,7,12H2,1-3H3. The van der Waals surface area contributed by atoms with Gasteiger partial charge < -0.3 is 16.0 Å². The lowest BCUT2D eigenvalue weighted by atomic mass is 10.2. The van der Waals surface area contributed by atoms with Crippen LogP contribution in [0.1, 0.15) is 6.92 Å². The SMILES string of the molecule is CC(CNc1ccc([N+](=O)[O-])c(N)c1)N(C)C. The maximum atomic E-state index is 10.6. The predicted octanol–water partition coefficient (Wildman–Crippen LogP) is 1.54. The molecule has 6 nitrogen and oxygen atoms in total. The van der Waals surface area contributed by atoms with Crippen LogP contribution in [0.5, 0.6) is 0 Å². The molecule has 0 bridgehead atoms. The second kappa shape index (κ2) is 5.49. The highest BCUT2D eigenvalue weighted by molar-refractivity contribution is 5.65. The molecule has 6 heteroatoms. The molecule has 17 heavy (non-hydrogen) atoms. The van der Waals surface area contributed by atoms with Crippen molar-refractivity contribution in [2.45, 2.75) is 13.0 Å². The third-order valence-electron chi connectivity index (χ3n) is 2.71. The van der Waals surface area contributed by atoms with Crippen molar-refractivity contribution in [1.29, 1.82) is 0 Å². The third kappa shape index (κ3) is 3.60. The average Bonchev–Trinajstić information content (AvgIpc) is 2.25. The zero-order chi connectivity index (χ0) is 13.0. The molecule has 0 aliphatic rings. The molecule has 3 N–H and O–H groups in total. The molecule has 0 saturated heterocycles. The largest absolute Gasteiger partial charge is 0.393 e. The number of rotatable bonds is 5. The topological polar surface area (TPSA) is 84.4 Å². The van der Waals surface area contributed by atoms with Crippen molar-refractivity contribution in [2.75, 3.05) is 31.7 Å². The number of anilines is 2. The summed E-state index contributed by atoms with van der Waals surface area (Å²) in [6, 6.07) is 5.03. The van der Waals surface area contributed by atoms with Gasteiger partial charge in [0.25, 0.3) is 5.69 Å². The number of nitrogens with one attached hydrogen (secondary N) is 1. The Balaban J connectivity index is 2.68. The lowest BCUT2D eigenvalue weighted by molar-refractivity contribution is -0.383. The fourth-order valence-electron chi connectivity index (χ4n) is 1.28. The smallest absolute Gasteiger partial charge is 0.292 e. The van der Waals surface area contributed by atoms with E-state index in [9.17, 15) is 10.1 Å². The van der Waals surface area contributed by atoms with E-state index in [1.165, 1.54) is 6.07 Å². The van der Waals surface area contributed by atoms with Crippen LogP contribution in [0.4, 0.5) is 17.1 Å². The fourth-order valence-corrected chi connectivity index (χ4v) is 1.28. The quantitative estimate of drug-likeness (QED) is 0.462. The maximum Gasteiger partial charge on any atom is 0.292 e. The Morgan fingerprint density at radius 1 is 1.53 bits per heavy atom. The number of hydrogen-bond acceptors (Lipinski definition) is 5. The molecule has 0 aliphatic heterocycles. The van der Waals surface area contributed by atoms with Crippen molar-refractivity contribution >= 4 is 17.1 Å². The van der Waals surface area contributed by atoms with Crippen LogP contribution >= 0.6 is 0 Å². The van der Waals surface area contributed by atoms with Gasteiger partial charge in [0.2, 0.25) is 0 Å². The van der Waals surface area contributed by atoms with E-state index in [1.54, 1.807) is 12.1 Å². The fraction of sp³-hybridized carbons (Fsp3) is 0.455. The molecule has 94 valence electrons. The van der Waals surface area contributed by atoms with Crippen molar-refractivity contribution in [1.82, 2.24) is 4.90 Å². The van der Waals surface area contributed by atoms with E-state index in [-0.39, 0.29) is 11.4 Å². The molecule has 1 aromatic carbocycles. The second-order valence-electron chi connectivity index (χ2n) is 4.22. The van der Waals surface area contributed by atoms with Gasteiger partial charge in [0.05, 0.1) is 4.92 Å². The van der Waals surface area contributed by atoms with E-state index in [0.717, 1.165) is 12.2 Å². The van der Waals surface area contributed by atoms with Crippen LogP contribution in [0.2, 0.25) is 0 Å². The summed E-state index contributed by atoms with van der Waals surface area (Å²) in [6.45, 7) is 2.84. The molecule has 1 rings (SSSR count). The molecule has 0 spiro atoms. The summed E-state index contributed by atoms with van der Waals surface area (Å²) in [5.74, 6) is 0. The van der Waals surface area contributed by atoms with Gasteiger partial charge in [0.15, 0.2) is 0 Å². The van der Waals surface area contributed by atoms with Crippen molar-refractivity contribution < 1.29 is 4.92 Å². The minimum atomic E-state index is -0.485. The molecule has 0 aliphatic carbocycles. The number of hydrogen-bond donors (Lipinski definition) is 2. The third-order valence-corrected chi connectivity index (χ3v) is 2.71. The summed E-state index contributed by atoms with van der Waals surface area (Å²) in [4.78, 5) is 12.2. The number of benzene rings is 1. The number of nitro groups is 1. The van der Waals surface area contributed by atoms with E-state index in [2.05, 4.69) is 17.1 Å². The van der Waals surface area contributed by atoms with Crippen molar-refractivity contribution in [3.63, 3.8) is 0 Å². The summed E-state index contributed by atoms with van der Waals surface area (Å²) >= 11 is 0. The van der Waals surface area contributed by atoms with Gasteiger partial charge in [-0.1, -0.05) is 0 Å². The van der Waals surface area contributed by atoms with Gasteiger partial charge in [-0.3, -0.25) is 10.1 Å². The predicted molar refractivity (Wildman–Crippen MR) is 69.1 cm³/mol. The zero-order valence-electron chi connectivity index (χ0n) is 10.3. The van der Waals surface area contributed by atoms with Crippen LogP contribution in [-0.2, 0) is 0 Å². The molecule has 0 radical (unpaired) electrons. The van der Waals surface area contributed by atoms with Crippen molar-refractivity contribution in [2.24, 2.45) is 0 Å². The van der Waals surface area contributed by atoms with Crippen LogP contribution in [0.15, 0.2) is 18.2 Å². The maximum absolute atomic E-state index is 10.6. The number of nitro benzene ring substituents is 1. The first-order valence-corrected chi connectivity index (χ1v) is 5.36. The van der Waals surface area contributed by atoms with Crippen LogP contribution in [0.3, 0.4) is 0 Å². The van der Waals surface area contributed by atoms with E-state index in [4.69, 9.17) is 5.73 Å². The lowest BCUT2D eigenvalue weighted by Gasteiger charge is -2.20. The van der Waals surface area contributed by atoms with Crippen LogP contribution < -0.4 is 11.1 Å². The second-order valence-corrected chi connectivity index (χ2v) is 4.22. The summed E-state index contributed by atoms with van der Waals surface area (Å²) in [6.07, 6.45) is 0. The monoisotopic (exact) mass is 238 g/mol. The van der Waals surface area contributed by atoms with Gasteiger partial charge in [0.1, 0.15) is 5.69 Å². The molecule has 0 fully saturated rings. The summed E-state index contributed by atoms with van der Waals surface area (Å²) in [5.41, 5.74) is 6.51.